The lowest BCUT2D eigenvalue weighted by atomic mass is 10.1. The maximum Gasteiger partial charge on any atom is 0.453 e. The molecule has 10 heteroatoms. The van der Waals surface area contributed by atoms with Crippen LogP contribution in [-0.4, -0.2) is 36.2 Å². The van der Waals surface area contributed by atoms with Crippen molar-refractivity contribution in [1.82, 2.24) is 4.90 Å². The number of phenolic OH excluding ortho intramolecular Hbond substituents is 1. The Morgan fingerprint density at radius 3 is 2.40 bits per heavy atom. The van der Waals surface area contributed by atoms with Gasteiger partial charge in [-0.3, -0.25) is 4.79 Å². The lowest BCUT2D eigenvalue weighted by molar-refractivity contribution is -0.154. The van der Waals surface area contributed by atoms with E-state index in [4.69, 9.17) is 13.9 Å². The van der Waals surface area contributed by atoms with Gasteiger partial charge in [0.05, 0.1) is 23.1 Å². The molecule has 188 valence electrons. The fraction of sp³-hybridized carbons (Fsp3) is 0.360. The molecule has 0 bridgehead atoms. The molecule has 0 spiro atoms. The molecule has 2 aromatic carbocycles. The molecule has 0 amide bonds. The largest absolute Gasteiger partial charge is 0.507 e. The standard InChI is InChI=1S/C25H26F3NO6/c1-4-6-13-29(3)14-18-19(30)12-11-17-20(31)22(23(25(26,27)28)35-21(17)18)34-16-9-7-15(8-10-16)24(32)33-5-2/h7-12,30H,4-6,13-14H2,1-3H3. The Balaban J connectivity index is 2.09. The van der Waals surface area contributed by atoms with Crippen LogP contribution in [0.5, 0.6) is 17.2 Å². The SMILES string of the molecule is CCCCN(C)Cc1c(O)ccc2c(=O)c(Oc3ccc(C(=O)OCC)cc3)c(C(F)(F)F)oc12. The summed E-state index contributed by atoms with van der Waals surface area (Å²) in [5, 5.41) is 10.2. The molecular weight excluding hydrogens is 467 g/mol. The third-order valence-corrected chi connectivity index (χ3v) is 5.26. The molecule has 0 atom stereocenters. The van der Waals surface area contributed by atoms with E-state index in [0.29, 0.717) is 6.54 Å². The van der Waals surface area contributed by atoms with Gasteiger partial charge in [0.15, 0.2) is 0 Å². The molecule has 0 saturated carbocycles. The topological polar surface area (TPSA) is 89.2 Å². The van der Waals surface area contributed by atoms with Crippen LogP contribution in [0.1, 0.15) is 48.4 Å². The van der Waals surface area contributed by atoms with E-state index in [1.54, 1.807) is 14.0 Å². The second kappa shape index (κ2) is 10.8. The van der Waals surface area contributed by atoms with Crippen molar-refractivity contribution in [2.24, 2.45) is 0 Å². The minimum absolute atomic E-state index is 0.0778. The van der Waals surface area contributed by atoms with E-state index in [1.807, 2.05) is 11.8 Å². The summed E-state index contributed by atoms with van der Waals surface area (Å²) < 4.78 is 57.2. The van der Waals surface area contributed by atoms with Crippen LogP contribution in [0, 0.1) is 0 Å². The van der Waals surface area contributed by atoms with Crippen molar-refractivity contribution in [3.63, 3.8) is 0 Å². The summed E-state index contributed by atoms with van der Waals surface area (Å²) in [7, 11) is 1.76. The molecule has 0 aliphatic rings. The minimum Gasteiger partial charge on any atom is -0.507 e. The number of phenols is 1. The first-order valence-electron chi connectivity index (χ1n) is 11.1. The molecule has 0 radical (unpaired) electrons. The second-order valence-electron chi connectivity index (χ2n) is 7.97. The molecule has 1 aromatic heterocycles. The average Bonchev–Trinajstić information content (AvgIpc) is 2.81. The number of esters is 1. The monoisotopic (exact) mass is 493 g/mol. The number of carbonyl (C=O) groups is 1. The number of aromatic hydroxyl groups is 1. The van der Waals surface area contributed by atoms with Gasteiger partial charge in [0, 0.05) is 6.54 Å². The third kappa shape index (κ3) is 5.94. The first-order valence-corrected chi connectivity index (χ1v) is 11.1. The number of alkyl halides is 3. The molecule has 1 heterocycles. The zero-order chi connectivity index (χ0) is 25.8. The number of unbranched alkanes of at least 4 members (excludes halogenated alkanes) is 1. The van der Waals surface area contributed by atoms with E-state index in [9.17, 15) is 27.9 Å². The fourth-order valence-corrected chi connectivity index (χ4v) is 3.49. The zero-order valence-electron chi connectivity index (χ0n) is 19.6. The predicted octanol–water partition coefficient (Wildman–Crippen LogP) is 5.72. The van der Waals surface area contributed by atoms with Crippen molar-refractivity contribution < 1.29 is 37.0 Å². The van der Waals surface area contributed by atoms with Gasteiger partial charge in [-0.1, -0.05) is 13.3 Å². The average molecular weight is 493 g/mol. The maximum absolute atomic E-state index is 13.9. The summed E-state index contributed by atoms with van der Waals surface area (Å²) in [6, 6.07) is 7.56. The lowest BCUT2D eigenvalue weighted by Crippen LogP contribution is -2.20. The Morgan fingerprint density at radius 2 is 1.80 bits per heavy atom. The van der Waals surface area contributed by atoms with Crippen molar-refractivity contribution in [1.29, 1.82) is 0 Å². The van der Waals surface area contributed by atoms with Crippen LogP contribution in [0.15, 0.2) is 45.6 Å². The molecular formula is C25H26F3NO6. The normalized spacial score (nSPS) is 11.7. The molecule has 0 fully saturated rings. The first kappa shape index (κ1) is 26.1. The summed E-state index contributed by atoms with van der Waals surface area (Å²) in [4.78, 5) is 26.7. The minimum atomic E-state index is -5.05. The Kier molecular flexibility index (Phi) is 8.06. The highest BCUT2D eigenvalue weighted by atomic mass is 19.4. The Labute approximate surface area is 199 Å². The van der Waals surface area contributed by atoms with Gasteiger partial charge in [0.2, 0.25) is 11.2 Å². The second-order valence-corrected chi connectivity index (χ2v) is 7.97. The molecule has 3 aromatic rings. The molecule has 7 nitrogen and oxygen atoms in total. The van der Waals surface area contributed by atoms with Gasteiger partial charge >= 0.3 is 12.1 Å². The summed E-state index contributed by atoms with van der Waals surface area (Å²) in [5.74, 6) is -3.64. The molecule has 35 heavy (non-hydrogen) atoms. The van der Waals surface area contributed by atoms with Crippen molar-refractivity contribution in [2.75, 3.05) is 20.2 Å². The quantitative estimate of drug-likeness (QED) is 0.382. The summed E-state index contributed by atoms with van der Waals surface area (Å²) in [6.07, 6.45) is -3.28. The van der Waals surface area contributed by atoms with Gasteiger partial charge in [-0.25, -0.2) is 4.79 Å². The van der Waals surface area contributed by atoms with Crippen LogP contribution in [0.25, 0.3) is 11.0 Å². The smallest absolute Gasteiger partial charge is 0.453 e. The van der Waals surface area contributed by atoms with Crippen LogP contribution in [0.4, 0.5) is 13.2 Å². The van der Waals surface area contributed by atoms with Gasteiger partial charge in [-0.05, 0) is 63.3 Å². The van der Waals surface area contributed by atoms with E-state index < -0.39 is 29.1 Å². The fourth-order valence-electron chi connectivity index (χ4n) is 3.49. The van der Waals surface area contributed by atoms with E-state index in [2.05, 4.69) is 0 Å². The third-order valence-electron chi connectivity index (χ3n) is 5.26. The summed E-state index contributed by atoms with van der Waals surface area (Å²) >= 11 is 0. The maximum atomic E-state index is 13.9. The molecule has 0 unspecified atom stereocenters. The number of rotatable bonds is 9. The molecule has 0 saturated heterocycles. The Morgan fingerprint density at radius 1 is 1.11 bits per heavy atom. The van der Waals surface area contributed by atoms with Gasteiger partial charge in [-0.2, -0.15) is 13.2 Å². The summed E-state index contributed by atoms with van der Waals surface area (Å²) in [5.41, 5.74) is -1.14. The highest BCUT2D eigenvalue weighted by molar-refractivity contribution is 5.89. The zero-order valence-corrected chi connectivity index (χ0v) is 19.6. The number of fused-ring (bicyclic) bond motifs is 1. The van der Waals surface area contributed by atoms with E-state index >= 15 is 0 Å². The number of ether oxygens (including phenoxy) is 2. The van der Waals surface area contributed by atoms with Gasteiger partial charge in [0.25, 0.3) is 5.76 Å². The first-order chi connectivity index (χ1) is 16.6. The number of halogens is 3. The highest BCUT2D eigenvalue weighted by Crippen LogP contribution is 2.40. The molecule has 1 N–H and O–H groups in total. The highest BCUT2D eigenvalue weighted by Gasteiger charge is 2.41. The number of carbonyl (C=O) groups excluding carboxylic acids is 1. The van der Waals surface area contributed by atoms with Crippen LogP contribution in [-0.2, 0) is 17.5 Å². The number of benzene rings is 2. The van der Waals surface area contributed by atoms with E-state index in [0.717, 1.165) is 12.8 Å². The van der Waals surface area contributed by atoms with Crippen LogP contribution in [0.2, 0.25) is 0 Å². The number of hydrogen-bond acceptors (Lipinski definition) is 7. The van der Waals surface area contributed by atoms with Crippen molar-refractivity contribution >= 4 is 16.9 Å². The lowest BCUT2D eigenvalue weighted by Gasteiger charge is -2.19. The number of hydrogen-bond donors (Lipinski definition) is 1. The number of nitrogens with zero attached hydrogens (tertiary/aromatic N) is 1. The molecule has 0 aliphatic heterocycles. The van der Waals surface area contributed by atoms with Crippen molar-refractivity contribution in [3.8, 4) is 17.2 Å². The van der Waals surface area contributed by atoms with Gasteiger partial charge in [-0.15, -0.1) is 0 Å². The van der Waals surface area contributed by atoms with Crippen LogP contribution in [0.3, 0.4) is 0 Å². The van der Waals surface area contributed by atoms with Gasteiger partial charge < -0.3 is 23.9 Å². The Hall–Kier alpha value is -3.53. The van der Waals surface area contributed by atoms with Gasteiger partial charge in [0.1, 0.15) is 17.1 Å². The van der Waals surface area contributed by atoms with E-state index in [1.165, 1.54) is 36.4 Å². The predicted molar refractivity (Wildman–Crippen MR) is 123 cm³/mol. The van der Waals surface area contributed by atoms with Crippen LogP contribution < -0.4 is 10.2 Å². The summed E-state index contributed by atoms with van der Waals surface area (Å²) in [6.45, 7) is 4.53. The van der Waals surface area contributed by atoms with Crippen LogP contribution >= 0.6 is 0 Å². The molecule has 3 rings (SSSR count). The Bertz CT molecular complexity index is 1250. The van der Waals surface area contributed by atoms with Crippen molar-refractivity contribution in [2.45, 2.75) is 39.4 Å². The molecule has 0 aliphatic carbocycles. The van der Waals surface area contributed by atoms with Crippen molar-refractivity contribution in [3.05, 3.63) is 63.5 Å². The van der Waals surface area contributed by atoms with E-state index in [-0.39, 0.29) is 46.7 Å².